The molecule has 0 saturated carbocycles. The third-order valence-corrected chi connectivity index (χ3v) is 7.73. The zero-order valence-electron chi connectivity index (χ0n) is 16.5. The third kappa shape index (κ3) is 4.48. The molecule has 0 bridgehead atoms. The standard InChI is InChI=1S/C21H25ClN4O2S/c1-24-15-17(19-6-4-9-23-21(19)24)8-10-25-11-13-26(14-12-25)29(27,28)16-18-5-2-3-7-20(18)22/h2-7,9,15H,8,10-14,16H2,1H3. The molecule has 29 heavy (non-hydrogen) atoms. The van der Waals surface area contributed by atoms with Crippen molar-refractivity contribution in [1.29, 1.82) is 0 Å². The summed E-state index contributed by atoms with van der Waals surface area (Å²) in [5.74, 6) is -0.0460. The minimum Gasteiger partial charge on any atom is -0.335 e. The second kappa shape index (κ2) is 8.44. The zero-order chi connectivity index (χ0) is 20.4. The van der Waals surface area contributed by atoms with Crippen LogP contribution >= 0.6 is 11.6 Å². The van der Waals surface area contributed by atoms with Gasteiger partial charge in [-0.15, -0.1) is 0 Å². The van der Waals surface area contributed by atoms with E-state index in [9.17, 15) is 8.42 Å². The van der Waals surface area contributed by atoms with Gasteiger partial charge in [0.25, 0.3) is 0 Å². The number of benzene rings is 1. The van der Waals surface area contributed by atoms with Crippen molar-refractivity contribution in [2.45, 2.75) is 12.2 Å². The van der Waals surface area contributed by atoms with Crippen molar-refractivity contribution in [2.75, 3.05) is 32.7 Å². The monoisotopic (exact) mass is 432 g/mol. The molecule has 0 radical (unpaired) electrons. The maximum absolute atomic E-state index is 12.8. The van der Waals surface area contributed by atoms with Crippen molar-refractivity contribution in [1.82, 2.24) is 18.8 Å². The minimum atomic E-state index is -3.36. The van der Waals surface area contributed by atoms with Crippen molar-refractivity contribution in [3.05, 3.63) is 64.9 Å². The van der Waals surface area contributed by atoms with Gasteiger partial charge in [-0.25, -0.2) is 13.4 Å². The van der Waals surface area contributed by atoms with Crippen LogP contribution in [0.3, 0.4) is 0 Å². The largest absolute Gasteiger partial charge is 0.335 e. The number of sulfonamides is 1. The smallest absolute Gasteiger partial charge is 0.218 e. The topological polar surface area (TPSA) is 58.4 Å². The van der Waals surface area contributed by atoms with E-state index in [4.69, 9.17) is 11.6 Å². The fourth-order valence-corrected chi connectivity index (χ4v) is 5.73. The summed E-state index contributed by atoms with van der Waals surface area (Å²) in [5.41, 5.74) is 2.93. The molecule has 4 rings (SSSR count). The molecule has 0 spiro atoms. The van der Waals surface area contributed by atoms with Crippen LogP contribution < -0.4 is 0 Å². The Morgan fingerprint density at radius 2 is 1.79 bits per heavy atom. The van der Waals surface area contributed by atoms with Crippen LogP contribution in [0.1, 0.15) is 11.1 Å². The molecule has 8 heteroatoms. The van der Waals surface area contributed by atoms with Gasteiger partial charge in [0.2, 0.25) is 10.0 Å². The van der Waals surface area contributed by atoms with E-state index in [-0.39, 0.29) is 5.75 Å². The first-order valence-electron chi connectivity index (χ1n) is 9.76. The maximum Gasteiger partial charge on any atom is 0.218 e. The highest BCUT2D eigenvalue weighted by molar-refractivity contribution is 7.88. The van der Waals surface area contributed by atoms with Gasteiger partial charge < -0.3 is 9.47 Å². The average Bonchev–Trinajstić information content (AvgIpc) is 3.04. The Morgan fingerprint density at radius 1 is 1.03 bits per heavy atom. The van der Waals surface area contributed by atoms with Crippen LogP contribution in [0.4, 0.5) is 0 Å². The van der Waals surface area contributed by atoms with Crippen LogP contribution in [-0.4, -0.2) is 59.9 Å². The summed E-state index contributed by atoms with van der Waals surface area (Å²) < 4.78 is 29.2. The fourth-order valence-electron chi connectivity index (χ4n) is 3.91. The van der Waals surface area contributed by atoms with Gasteiger partial charge in [-0.2, -0.15) is 4.31 Å². The molecule has 0 N–H and O–H groups in total. The lowest BCUT2D eigenvalue weighted by Gasteiger charge is -2.34. The van der Waals surface area contributed by atoms with Gasteiger partial charge in [-0.05, 0) is 35.7 Å². The molecular weight excluding hydrogens is 408 g/mol. The van der Waals surface area contributed by atoms with Crippen molar-refractivity contribution in [2.24, 2.45) is 7.05 Å². The molecule has 3 heterocycles. The van der Waals surface area contributed by atoms with Gasteiger partial charge >= 0.3 is 0 Å². The summed E-state index contributed by atoms with van der Waals surface area (Å²) in [7, 11) is -1.35. The number of hydrogen-bond acceptors (Lipinski definition) is 4. The minimum absolute atomic E-state index is 0.0460. The van der Waals surface area contributed by atoms with E-state index in [0.29, 0.717) is 23.7 Å². The normalized spacial score (nSPS) is 16.5. The molecule has 6 nitrogen and oxygen atoms in total. The number of aromatic nitrogens is 2. The Kier molecular flexibility index (Phi) is 5.92. The lowest BCUT2D eigenvalue weighted by Crippen LogP contribution is -2.49. The third-order valence-electron chi connectivity index (χ3n) is 5.53. The zero-order valence-corrected chi connectivity index (χ0v) is 18.0. The van der Waals surface area contributed by atoms with Crippen LogP contribution in [0.5, 0.6) is 0 Å². The number of halogens is 1. The van der Waals surface area contributed by atoms with E-state index in [2.05, 4.69) is 26.7 Å². The van der Waals surface area contributed by atoms with E-state index in [1.54, 1.807) is 16.4 Å². The number of rotatable bonds is 6. The van der Waals surface area contributed by atoms with Crippen LogP contribution in [-0.2, 0) is 29.2 Å². The van der Waals surface area contributed by atoms with Crippen molar-refractivity contribution in [3.63, 3.8) is 0 Å². The summed E-state index contributed by atoms with van der Waals surface area (Å²) in [5, 5.41) is 1.69. The molecule has 3 aromatic rings. The summed E-state index contributed by atoms with van der Waals surface area (Å²) in [6.45, 7) is 3.43. The molecule has 1 aromatic carbocycles. The van der Waals surface area contributed by atoms with E-state index in [0.717, 1.165) is 31.7 Å². The van der Waals surface area contributed by atoms with Crippen LogP contribution in [0.15, 0.2) is 48.8 Å². The predicted molar refractivity (Wildman–Crippen MR) is 117 cm³/mol. The molecule has 1 aliphatic heterocycles. The maximum atomic E-state index is 12.8. The molecule has 2 aromatic heterocycles. The molecule has 154 valence electrons. The SMILES string of the molecule is Cn1cc(CCN2CCN(S(=O)(=O)Cc3ccccc3Cl)CC2)c2cccnc21. The van der Waals surface area contributed by atoms with E-state index in [1.807, 2.05) is 31.4 Å². The molecular formula is C21H25ClN4O2S. The van der Waals surface area contributed by atoms with Gasteiger partial charge in [0.1, 0.15) is 5.65 Å². The second-order valence-corrected chi connectivity index (χ2v) is 9.85. The Balaban J connectivity index is 1.34. The Morgan fingerprint density at radius 3 is 2.55 bits per heavy atom. The highest BCUT2D eigenvalue weighted by Gasteiger charge is 2.27. The van der Waals surface area contributed by atoms with Gasteiger partial charge in [0.05, 0.1) is 5.75 Å². The average molecular weight is 433 g/mol. The summed E-state index contributed by atoms with van der Waals surface area (Å²) in [6, 6.07) is 11.2. The lowest BCUT2D eigenvalue weighted by atomic mass is 10.1. The summed E-state index contributed by atoms with van der Waals surface area (Å²) in [4.78, 5) is 6.77. The second-order valence-electron chi connectivity index (χ2n) is 7.48. The van der Waals surface area contributed by atoms with Gasteiger partial charge in [0, 0.05) is 62.6 Å². The Bertz CT molecular complexity index is 1100. The Labute approximate surface area is 176 Å². The van der Waals surface area contributed by atoms with E-state index in [1.165, 1.54) is 10.9 Å². The van der Waals surface area contributed by atoms with Crippen LogP contribution in [0, 0.1) is 0 Å². The lowest BCUT2D eigenvalue weighted by molar-refractivity contribution is 0.190. The first-order chi connectivity index (χ1) is 13.9. The number of piperazine rings is 1. The molecule has 0 aliphatic carbocycles. The molecule has 1 saturated heterocycles. The number of aryl methyl sites for hydroxylation is 1. The molecule has 1 fully saturated rings. The van der Waals surface area contributed by atoms with E-state index >= 15 is 0 Å². The van der Waals surface area contributed by atoms with Crippen LogP contribution in [0.25, 0.3) is 11.0 Å². The summed E-state index contributed by atoms with van der Waals surface area (Å²) >= 11 is 6.14. The summed E-state index contributed by atoms with van der Waals surface area (Å²) in [6.07, 6.45) is 4.88. The first kappa shape index (κ1) is 20.3. The number of hydrogen-bond donors (Lipinski definition) is 0. The number of fused-ring (bicyclic) bond motifs is 1. The molecule has 0 amide bonds. The Hall–Kier alpha value is -1.93. The molecule has 0 atom stereocenters. The fraction of sp³-hybridized carbons (Fsp3) is 0.381. The van der Waals surface area contributed by atoms with E-state index < -0.39 is 10.0 Å². The van der Waals surface area contributed by atoms with Gasteiger partial charge in [0.15, 0.2) is 0 Å². The van der Waals surface area contributed by atoms with Crippen molar-refractivity contribution in [3.8, 4) is 0 Å². The molecule has 0 unspecified atom stereocenters. The molecule has 1 aliphatic rings. The van der Waals surface area contributed by atoms with Crippen molar-refractivity contribution < 1.29 is 8.42 Å². The number of pyridine rings is 1. The predicted octanol–water partition coefficient (Wildman–Crippen LogP) is 2.92. The first-order valence-corrected chi connectivity index (χ1v) is 11.8. The quantitative estimate of drug-likeness (QED) is 0.601. The van der Waals surface area contributed by atoms with Crippen molar-refractivity contribution >= 4 is 32.7 Å². The highest BCUT2D eigenvalue weighted by Crippen LogP contribution is 2.21. The number of nitrogens with zero attached hydrogens (tertiary/aromatic N) is 4. The van der Waals surface area contributed by atoms with Gasteiger partial charge in [-0.1, -0.05) is 29.8 Å². The highest BCUT2D eigenvalue weighted by atomic mass is 35.5. The van der Waals surface area contributed by atoms with Crippen LogP contribution in [0.2, 0.25) is 5.02 Å². The van der Waals surface area contributed by atoms with Gasteiger partial charge in [-0.3, -0.25) is 0 Å².